The molecule has 0 saturated carbocycles. The van der Waals surface area contributed by atoms with Crippen molar-refractivity contribution in [3.8, 4) is 0 Å². The molecule has 4 nitrogen and oxygen atoms in total. The number of thiocarbonyl (C=S) groups is 1. The maximum atomic E-state index is 12.8. The van der Waals surface area contributed by atoms with E-state index in [0.29, 0.717) is 6.54 Å². The molecule has 2 rings (SSSR count). The standard InChI is InChI=1S/C18H18FN3OS/c1-13-3-2-4-14(11-13)7-10-17(23)21-22-18(24)20-12-15-5-8-16(19)9-6-15/h2-11H,12H2,1H3,(H,21,23)(H2,20,22,24)/b10-7+. The van der Waals surface area contributed by atoms with Crippen molar-refractivity contribution < 1.29 is 9.18 Å². The summed E-state index contributed by atoms with van der Waals surface area (Å²) in [6, 6.07) is 13.9. The number of aryl methyl sites for hydroxylation is 1. The second kappa shape index (κ2) is 8.79. The normalized spacial score (nSPS) is 10.4. The number of benzene rings is 2. The molecule has 0 aliphatic heterocycles. The van der Waals surface area contributed by atoms with Crippen molar-refractivity contribution >= 4 is 29.3 Å². The third kappa shape index (κ3) is 6.18. The molecule has 1 amide bonds. The van der Waals surface area contributed by atoms with Crippen molar-refractivity contribution in [3.63, 3.8) is 0 Å². The lowest BCUT2D eigenvalue weighted by Crippen LogP contribution is -2.45. The maximum Gasteiger partial charge on any atom is 0.262 e. The lowest BCUT2D eigenvalue weighted by Gasteiger charge is -2.10. The van der Waals surface area contributed by atoms with Crippen LogP contribution in [0.1, 0.15) is 16.7 Å². The van der Waals surface area contributed by atoms with E-state index in [1.165, 1.54) is 18.2 Å². The van der Waals surface area contributed by atoms with Gasteiger partial charge >= 0.3 is 0 Å². The zero-order valence-corrected chi connectivity index (χ0v) is 14.0. The molecule has 0 unspecified atom stereocenters. The molecule has 2 aromatic carbocycles. The van der Waals surface area contributed by atoms with E-state index in [1.54, 1.807) is 18.2 Å². The molecular formula is C18H18FN3OS. The highest BCUT2D eigenvalue weighted by Gasteiger charge is 1.99. The van der Waals surface area contributed by atoms with Crippen LogP contribution in [-0.4, -0.2) is 11.0 Å². The van der Waals surface area contributed by atoms with Gasteiger partial charge < -0.3 is 5.32 Å². The molecular weight excluding hydrogens is 325 g/mol. The van der Waals surface area contributed by atoms with Crippen molar-refractivity contribution in [2.45, 2.75) is 13.5 Å². The van der Waals surface area contributed by atoms with Crippen LogP contribution in [0.15, 0.2) is 54.6 Å². The van der Waals surface area contributed by atoms with Gasteiger partial charge in [-0.05, 0) is 48.5 Å². The monoisotopic (exact) mass is 343 g/mol. The summed E-state index contributed by atoms with van der Waals surface area (Å²) in [5.74, 6) is -0.602. The van der Waals surface area contributed by atoms with Crippen molar-refractivity contribution in [2.24, 2.45) is 0 Å². The Hall–Kier alpha value is -2.73. The minimum absolute atomic E-state index is 0.275. The van der Waals surface area contributed by atoms with E-state index >= 15 is 0 Å². The van der Waals surface area contributed by atoms with E-state index in [1.807, 2.05) is 31.2 Å². The molecule has 124 valence electrons. The van der Waals surface area contributed by atoms with E-state index in [-0.39, 0.29) is 16.8 Å². The van der Waals surface area contributed by atoms with Crippen LogP contribution in [0.5, 0.6) is 0 Å². The fourth-order valence-electron chi connectivity index (χ4n) is 1.93. The number of halogens is 1. The number of hydrogen-bond donors (Lipinski definition) is 3. The largest absolute Gasteiger partial charge is 0.357 e. The first kappa shape index (κ1) is 17.6. The Morgan fingerprint density at radius 2 is 1.92 bits per heavy atom. The third-order valence-electron chi connectivity index (χ3n) is 3.13. The predicted octanol–water partition coefficient (Wildman–Crippen LogP) is 2.84. The van der Waals surface area contributed by atoms with Crippen LogP contribution >= 0.6 is 12.2 Å². The Labute approximate surface area is 145 Å². The second-order valence-electron chi connectivity index (χ2n) is 5.17. The van der Waals surface area contributed by atoms with E-state index < -0.39 is 0 Å². The van der Waals surface area contributed by atoms with Gasteiger partial charge in [0.1, 0.15) is 5.82 Å². The summed E-state index contributed by atoms with van der Waals surface area (Å²) in [5.41, 5.74) is 8.03. The lowest BCUT2D eigenvalue weighted by molar-refractivity contribution is -0.116. The molecule has 0 fully saturated rings. The molecule has 0 atom stereocenters. The first-order chi connectivity index (χ1) is 11.5. The lowest BCUT2D eigenvalue weighted by atomic mass is 10.1. The summed E-state index contributed by atoms with van der Waals surface area (Å²) in [7, 11) is 0. The van der Waals surface area contributed by atoms with Gasteiger partial charge in [0.2, 0.25) is 0 Å². The van der Waals surface area contributed by atoms with Crippen LogP contribution in [-0.2, 0) is 11.3 Å². The van der Waals surface area contributed by atoms with Crippen LogP contribution in [0, 0.1) is 12.7 Å². The number of amides is 1. The van der Waals surface area contributed by atoms with Crippen molar-refractivity contribution in [1.82, 2.24) is 16.2 Å². The van der Waals surface area contributed by atoms with Gasteiger partial charge in [-0.3, -0.25) is 15.6 Å². The minimum atomic E-state index is -0.317. The highest BCUT2D eigenvalue weighted by Crippen LogP contribution is 2.05. The van der Waals surface area contributed by atoms with E-state index in [9.17, 15) is 9.18 Å². The molecule has 24 heavy (non-hydrogen) atoms. The summed E-state index contributed by atoms with van der Waals surface area (Å²) in [4.78, 5) is 11.7. The summed E-state index contributed by atoms with van der Waals surface area (Å²) < 4.78 is 12.8. The molecule has 0 aliphatic carbocycles. The van der Waals surface area contributed by atoms with E-state index in [4.69, 9.17) is 12.2 Å². The Kier molecular flexibility index (Phi) is 6.45. The zero-order valence-electron chi connectivity index (χ0n) is 13.2. The SMILES string of the molecule is Cc1cccc(/C=C/C(=O)NNC(=S)NCc2ccc(F)cc2)c1. The fourth-order valence-corrected chi connectivity index (χ4v) is 2.06. The second-order valence-corrected chi connectivity index (χ2v) is 5.58. The van der Waals surface area contributed by atoms with Crippen LogP contribution in [0.25, 0.3) is 6.08 Å². The summed E-state index contributed by atoms with van der Waals surface area (Å²) >= 11 is 5.06. The Balaban J connectivity index is 1.72. The molecule has 0 bridgehead atoms. The minimum Gasteiger partial charge on any atom is -0.357 e. The molecule has 0 aliphatic rings. The number of rotatable bonds is 4. The van der Waals surface area contributed by atoms with Crippen LogP contribution in [0.4, 0.5) is 4.39 Å². The highest BCUT2D eigenvalue weighted by atomic mass is 32.1. The van der Waals surface area contributed by atoms with Crippen LogP contribution in [0.2, 0.25) is 0 Å². The first-order valence-corrected chi connectivity index (χ1v) is 7.77. The molecule has 0 spiro atoms. The molecule has 2 aromatic rings. The zero-order chi connectivity index (χ0) is 17.4. The highest BCUT2D eigenvalue weighted by molar-refractivity contribution is 7.80. The van der Waals surface area contributed by atoms with Crippen LogP contribution in [0.3, 0.4) is 0 Å². The van der Waals surface area contributed by atoms with Gasteiger partial charge in [-0.1, -0.05) is 42.0 Å². The number of carbonyl (C=O) groups is 1. The van der Waals surface area contributed by atoms with Gasteiger partial charge in [-0.15, -0.1) is 0 Å². The average Bonchev–Trinajstić information content (AvgIpc) is 2.57. The fraction of sp³-hybridized carbons (Fsp3) is 0.111. The summed E-state index contributed by atoms with van der Waals surface area (Å²) in [6.45, 7) is 2.42. The number of nitrogens with one attached hydrogen (secondary N) is 3. The first-order valence-electron chi connectivity index (χ1n) is 7.36. The van der Waals surface area contributed by atoms with Crippen LogP contribution < -0.4 is 16.2 Å². The van der Waals surface area contributed by atoms with Gasteiger partial charge in [-0.2, -0.15) is 0 Å². The molecule has 0 saturated heterocycles. The average molecular weight is 343 g/mol. The molecule has 0 radical (unpaired) electrons. The Morgan fingerprint density at radius 1 is 1.17 bits per heavy atom. The van der Waals surface area contributed by atoms with Gasteiger partial charge in [0.25, 0.3) is 5.91 Å². The van der Waals surface area contributed by atoms with Crippen molar-refractivity contribution in [3.05, 3.63) is 77.1 Å². The van der Waals surface area contributed by atoms with Gasteiger partial charge in [-0.25, -0.2) is 4.39 Å². The number of hydrazine groups is 1. The molecule has 6 heteroatoms. The number of carbonyl (C=O) groups excluding carboxylic acids is 1. The third-order valence-corrected chi connectivity index (χ3v) is 3.38. The van der Waals surface area contributed by atoms with Gasteiger partial charge in [0.05, 0.1) is 0 Å². The summed E-state index contributed by atoms with van der Waals surface area (Å²) in [6.07, 6.45) is 3.14. The molecule has 3 N–H and O–H groups in total. The smallest absolute Gasteiger partial charge is 0.262 e. The van der Waals surface area contributed by atoms with Gasteiger partial charge in [0, 0.05) is 12.6 Å². The maximum absolute atomic E-state index is 12.8. The van der Waals surface area contributed by atoms with E-state index in [0.717, 1.165) is 16.7 Å². The van der Waals surface area contributed by atoms with Gasteiger partial charge in [0.15, 0.2) is 5.11 Å². The summed E-state index contributed by atoms with van der Waals surface area (Å²) in [5, 5.41) is 3.19. The Bertz CT molecular complexity index is 744. The molecule has 0 heterocycles. The number of hydrogen-bond acceptors (Lipinski definition) is 2. The van der Waals surface area contributed by atoms with Crippen molar-refractivity contribution in [1.29, 1.82) is 0 Å². The Morgan fingerprint density at radius 3 is 2.62 bits per heavy atom. The van der Waals surface area contributed by atoms with E-state index in [2.05, 4.69) is 16.2 Å². The van der Waals surface area contributed by atoms with Crippen molar-refractivity contribution in [2.75, 3.05) is 0 Å². The quantitative estimate of drug-likeness (QED) is 0.454. The predicted molar refractivity (Wildman–Crippen MR) is 97.3 cm³/mol. The molecule has 0 aromatic heterocycles. The topological polar surface area (TPSA) is 53.2 Å².